The van der Waals surface area contributed by atoms with Crippen molar-refractivity contribution in [2.75, 3.05) is 5.32 Å². The van der Waals surface area contributed by atoms with Crippen LogP contribution in [0.1, 0.15) is 40.8 Å². The Morgan fingerprint density at radius 3 is 2.89 bits per heavy atom. The minimum absolute atomic E-state index is 0.208. The summed E-state index contributed by atoms with van der Waals surface area (Å²) in [5, 5.41) is 9.60. The summed E-state index contributed by atoms with van der Waals surface area (Å²) in [4.78, 5) is 16.2. The topological polar surface area (TPSA) is 70.7 Å². The number of benzene rings is 1. The molecule has 3 rings (SSSR count). The lowest BCUT2D eigenvalue weighted by molar-refractivity contribution is 0.101. The van der Waals surface area contributed by atoms with E-state index in [1.54, 1.807) is 0 Å². The number of aromatic nitrogens is 3. The summed E-state index contributed by atoms with van der Waals surface area (Å²) >= 11 is 0. The smallest absolute Gasteiger partial charge is 0.295 e. The largest absolute Gasteiger partial charge is 0.319 e. The molecular weight excluding hydrogens is 228 g/mol. The van der Waals surface area contributed by atoms with Gasteiger partial charge in [0.2, 0.25) is 5.82 Å². The van der Waals surface area contributed by atoms with Gasteiger partial charge in [-0.25, -0.2) is 4.98 Å². The van der Waals surface area contributed by atoms with E-state index in [1.165, 1.54) is 0 Å². The summed E-state index contributed by atoms with van der Waals surface area (Å²) in [6.45, 7) is 1.95. The van der Waals surface area contributed by atoms with E-state index in [4.69, 9.17) is 0 Å². The molecule has 0 unspecified atom stereocenters. The zero-order valence-electron chi connectivity index (χ0n) is 10.1. The fourth-order valence-electron chi connectivity index (χ4n) is 1.81. The van der Waals surface area contributed by atoms with Crippen LogP contribution in [-0.2, 0) is 0 Å². The Morgan fingerprint density at radius 2 is 2.17 bits per heavy atom. The van der Waals surface area contributed by atoms with Crippen LogP contribution in [0, 0.1) is 6.92 Å². The van der Waals surface area contributed by atoms with Crippen LogP contribution < -0.4 is 5.32 Å². The molecule has 5 nitrogen and oxygen atoms in total. The Bertz CT molecular complexity index is 586. The van der Waals surface area contributed by atoms with E-state index in [9.17, 15) is 4.79 Å². The van der Waals surface area contributed by atoms with Crippen LogP contribution in [0.4, 0.5) is 5.69 Å². The minimum Gasteiger partial charge on any atom is -0.319 e. The van der Waals surface area contributed by atoms with Crippen LogP contribution in [0.25, 0.3) is 0 Å². The first-order valence-electron chi connectivity index (χ1n) is 6.03. The monoisotopic (exact) mass is 242 g/mol. The summed E-state index contributed by atoms with van der Waals surface area (Å²) in [6.07, 6.45) is 2.27. The summed E-state index contributed by atoms with van der Waals surface area (Å²) < 4.78 is 0. The molecule has 18 heavy (non-hydrogen) atoms. The van der Waals surface area contributed by atoms with Gasteiger partial charge in [-0.1, -0.05) is 18.2 Å². The molecule has 1 fully saturated rings. The van der Waals surface area contributed by atoms with Gasteiger partial charge in [-0.05, 0) is 31.4 Å². The highest BCUT2D eigenvalue weighted by Crippen LogP contribution is 2.37. The van der Waals surface area contributed by atoms with Gasteiger partial charge < -0.3 is 5.32 Å². The third-order valence-corrected chi connectivity index (χ3v) is 3.06. The summed E-state index contributed by atoms with van der Waals surface area (Å²) in [7, 11) is 0. The Balaban J connectivity index is 1.76. The molecule has 2 N–H and O–H groups in total. The molecule has 1 amide bonds. The van der Waals surface area contributed by atoms with Crippen molar-refractivity contribution in [2.24, 2.45) is 0 Å². The average molecular weight is 242 g/mol. The quantitative estimate of drug-likeness (QED) is 0.867. The first-order valence-corrected chi connectivity index (χ1v) is 6.03. The molecule has 0 radical (unpaired) electrons. The molecule has 1 aliphatic carbocycles. The highest BCUT2D eigenvalue weighted by Gasteiger charge is 2.28. The molecule has 0 atom stereocenters. The predicted octanol–water partition coefficient (Wildman–Crippen LogP) is 2.24. The van der Waals surface area contributed by atoms with E-state index in [0.29, 0.717) is 5.92 Å². The first kappa shape index (κ1) is 11.0. The first-order chi connectivity index (χ1) is 8.74. The SMILES string of the molecule is Cc1ccccc1NC(=O)c1n[nH]c(C2CC2)n1. The fraction of sp³-hybridized carbons (Fsp3) is 0.308. The van der Waals surface area contributed by atoms with Gasteiger partial charge in [0.1, 0.15) is 5.82 Å². The molecule has 0 spiro atoms. The molecule has 2 aromatic rings. The second kappa shape index (κ2) is 4.25. The van der Waals surface area contributed by atoms with Crippen LogP contribution in [0.15, 0.2) is 24.3 Å². The number of carbonyl (C=O) groups excluding carboxylic acids is 1. The van der Waals surface area contributed by atoms with E-state index < -0.39 is 0 Å². The van der Waals surface area contributed by atoms with Crippen molar-refractivity contribution in [3.63, 3.8) is 0 Å². The summed E-state index contributed by atoms with van der Waals surface area (Å²) in [5.41, 5.74) is 1.81. The second-order valence-electron chi connectivity index (χ2n) is 4.59. The second-order valence-corrected chi connectivity index (χ2v) is 4.59. The molecule has 1 heterocycles. The zero-order valence-corrected chi connectivity index (χ0v) is 10.1. The molecule has 0 bridgehead atoms. The number of rotatable bonds is 3. The summed E-state index contributed by atoms with van der Waals surface area (Å²) in [6, 6.07) is 7.63. The molecule has 92 valence electrons. The van der Waals surface area contributed by atoms with Crippen LogP contribution in [-0.4, -0.2) is 21.1 Å². The number of hydrogen-bond donors (Lipinski definition) is 2. The van der Waals surface area contributed by atoms with Crippen LogP contribution >= 0.6 is 0 Å². The molecule has 1 saturated carbocycles. The molecule has 1 aromatic carbocycles. The van der Waals surface area contributed by atoms with E-state index in [-0.39, 0.29) is 11.7 Å². The normalized spacial score (nSPS) is 14.5. The Hall–Kier alpha value is -2.17. The minimum atomic E-state index is -0.271. The van der Waals surface area contributed by atoms with Crippen molar-refractivity contribution in [3.05, 3.63) is 41.5 Å². The van der Waals surface area contributed by atoms with Crippen molar-refractivity contribution in [1.29, 1.82) is 0 Å². The molecule has 1 aromatic heterocycles. The van der Waals surface area contributed by atoms with Gasteiger partial charge in [0, 0.05) is 11.6 Å². The zero-order chi connectivity index (χ0) is 12.5. The number of H-pyrrole nitrogens is 1. The van der Waals surface area contributed by atoms with Crippen molar-refractivity contribution in [1.82, 2.24) is 15.2 Å². The average Bonchev–Trinajstić information content (AvgIpc) is 3.10. The number of hydrogen-bond acceptors (Lipinski definition) is 3. The lowest BCUT2D eigenvalue weighted by Gasteiger charge is -2.05. The van der Waals surface area contributed by atoms with Gasteiger partial charge in [0.15, 0.2) is 0 Å². The number of nitrogens with one attached hydrogen (secondary N) is 2. The van der Waals surface area contributed by atoms with E-state index in [0.717, 1.165) is 29.9 Å². The standard InChI is InChI=1S/C13H14N4O/c1-8-4-2-3-5-10(8)14-13(18)12-15-11(16-17-12)9-6-7-9/h2-5,9H,6-7H2,1H3,(H,14,18)(H,15,16,17). The van der Waals surface area contributed by atoms with Crippen LogP contribution in [0.3, 0.4) is 0 Å². The van der Waals surface area contributed by atoms with Crippen molar-refractivity contribution >= 4 is 11.6 Å². The van der Waals surface area contributed by atoms with Gasteiger partial charge in [0.05, 0.1) is 0 Å². The van der Waals surface area contributed by atoms with Gasteiger partial charge in [-0.2, -0.15) is 0 Å². The van der Waals surface area contributed by atoms with Crippen LogP contribution in [0.2, 0.25) is 0 Å². The maximum absolute atomic E-state index is 12.0. The molecule has 0 aliphatic heterocycles. The van der Waals surface area contributed by atoms with Gasteiger partial charge in [0.25, 0.3) is 5.91 Å². The van der Waals surface area contributed by atoms with E-state index >= 15 is 0 Å². The van der Waals surface area contributed by atoms with Crippen molar-refractivity contribution < 1.29 is 4.79 Å². The number of carbonyl (C=O) groups is 1. The number of aryl methyl sites for hydroxylation is 1. The third kappa shape index (κ3) is 2.11. The molecule has 0 saturated heterocycles. The van der Waals surface area contributed by atoms with Gasteiger partial charge in [-0.15, -0.1) is 5.10 Å². The number of aromatic amines is 1. The number of nitrogens with zero attached hydrogens (tertiary/aromatic N) is 2. The van der Waals surface area contributed by atoms with Crippen LogP contribution in [0.5, 0.6) is 0 Å². The van der Waals surface area contributed by atoms with E-state index in [2.05, 4.69) is 20.5 Å². The highest BCUT2D eigenvalue weighted by molar-refractivity contribution is 6.01. The Morgan fingerprint density at radius 1 is 1.39 bits per heavy atom. The highest BCUT2D eigenvalue weighted by atomic mass is 16.2. The fourth-order valence-corrected chi connectivity index (χ4v) is 1.81. The lowest BCUT2D eigenvalue weighted by atomic mass is 10.2. The lowest BCUT2D eigenvalue weighted by Crippen LogP contribution is -2.14. The van der Waals surface area contributed by atoms with Gasteiger partial charge >= 0.3 is 0 Å². The number of para-hydroxylation sites is 1. The molecule has 5 heteroatoms. The maximum atomic E-state index is 12.0. The predicted molar refractivity (Wildman–Crippen MR) is 67.5 cm³/mol. The number of amides is 1. The van der Waals surface area contributed by atoms with E-state index in [1.807, 2.05) is 31.2 Å². The summed E-state index contributed by atoms with van der Waals surface area (Å²) in [5.74, 6) is 1.23. The number of anilines is 1. The van der Waals surface area contributed by atoms with Crippen molar-refractivity contribution in [3.8, 4) is 0 Å². The Labute approximate surface area is 105 Å². The van der Waals surface area contributed by atoms with Crippen molar-refractivity contribution in [2.45, 2.75) is 25.7 Å². The molecular formula is C13H14N4O. The third-order valence-electron chi connectivity index (χ3n) is 3.06. The maximum Gasteiger partial charge on any atom is 0.295 e. The van der Waals surface area contributed by atoms with Gasteiger partial charge in [-0.3, -0.25) is 9.89 Å². The Kier molecular flexibility index (Phi) is 2.59. The molecule has 1 aliphatic rings.